The van der Waals surface area contributed by atoms with Crippen LogP contribution in [0.25, 0.3) is 0 Å². The molecule has 38 heavy (non-hydrogen) atoms. The van der Waals surface area contributed by atoms with Crippen molar-refractivity contribution in [2.75, 3.05) is 40.0 Å². The van der Waals surface area contributed by atoms with Gasteiger partial charge in [-0.3, -0.25) is 9.59 Å². The van der Waals surface area contributed by atoms with Gasteiger partial charge in [0.05, 0.1) is 19.2 Å². The van der Waals surface area contributed by atoms with Crippen molar-refractivity contribution in [1.29, 1.82) is 0 Å². The lowest BCUT2D eigenvalue weighted by atomic mass is 9.97. The van der Waals surface area contributed by atoms with Crippen molar-refractivity contribution in [2.45, 2.75) is 45.3 Å². The number of ether oxygens (including phenoxy) is 2. The Hall–Kier alpha value is -3.41. The molecule has 0 unspecified atom stereocenters. The highest BCUT2D eigenvalue weighted by Gasteiger charge is 2.35. The number of rotatable bonds is 6. The Morgan fingerprint density at radius 3 is 2.71 bits per heavy atom. The number of hydrogen-bond acceptors (Lipinski definition) is 6. The number of carbonyl (C=O) groups is 2. The number of pyridine rings is 1. The van der Waals surface area contributed by atoms with Crippen LogP contribution in [0.1, 0.15) is 48.2 Å². The molecule has 2 aliphatic heterocycles. The van der Waals surface area contributed by atoms with E-state index in [4.69, 9.17) is 9.47 Å². The fraction of sp³-hybridized carbons (Fsp3) is 0.500. The summed E-state index contributed by atoms with van der Waals surface area (Å²) in [5, 5.41) is 9.88. The molecule has 1 aromatic carbocycles. The van der Waals surface area contributed by atoms with Crippen molar-refractivity contribution in [3.8, 4) is 17.7 Å². The molecule has 2 amide bonds. The number of aromatic nitrogens is 1. The highest BCUT2D eigenvalue weighted by Crippen LogP contribution is 2.28. The Kier molecular flexibility index (Phi) is 9.38. The normalized spacial score (nSPS) is 20.7. The fourth-order valence-electron chi connectivity index (χ4n) is 4.85. The van der Waals surface area contributed by atoms with Crippen molar-refractivity contribution in [3.05, 3.63) is 59.3 Å². The third kappa shape index (κ3) is 6.72. The summed E-state index contributed by atoms with van der Waals surface area (Å²) in [7, 11) is 1.80. The molecule has 0 radical (unpaired) electrons. The van der Waals surface area contributed by atoms with Gasteiger partial charge in [-0.15, -0.1) is 0 Å². The summed E-state index contributed by atoms with van der Waals surface area (Å²) in [4.78, 5) is 34.6. The Balaban J connectivity index is 1.58. The highest BCUT2D eigenvalue weighted by atomic mass is 16.5. The van der Waals surface area contributed by atoms with Gasteiger partial charge in [-0.05, 0) is 31.4 Å². The zero-order valence-electron chi connectivity index (χ0n) is 22.4. The van der Waals surface area contributed by atoms with Crippen molar-refractivity contribution in [2.24, 2.45) is 11.8 Å². The average Bonchev–Trinajstić information content (AvgIpc) is 2.95. The van der Waals surface area contributed by atoms with E-state index in [2.05, 4.69) is 16.8 Å². The van der Waals surface area contributed by atoms with Gasteiger partial charge in [-0.1, -0.05) is 49.1 Å². The predicted octanol–water partition coefficient (Wildman–Crippen LogP) is 2.78. The molecule has 1 aromatic heterocycles. The van der Waals surface area contributed by atoms with Crippen LogP contribution in [-0.2, 0) is 16.0 Å². The minimum absolute atomic E-state index is 0.0486. The standard InChI is InChI=1S/C30H37N3O5/c1-21-18-33(22(2)20-34)30(36)26-16-24(11-7-10-23-8-5-4-6-9-23)17-31-28(26)38-27(21)19-32(3)29(35)25-12-14-37-15-13-25/h4-6,8-9,16-17,21-22,25,27,34H,10,12-15,18-20H2,1-3H3/t21-,22+,27-/m1/s1. The Bertz CT molecular complexity index is 1170. The first-order valence-electron chi connectivity index (χ1n) is 13.3. The van der Waals surface area contributed by atoms with E-state index < -0.39 is 0 Å². The molecule has 2 aliphatic rings. The van der Waals surface area contributed by atoms with E-state index in [0.29, 0.717) is 43.9 Å². The first-order valence-corrected chi connectivity index (χ1v) is 13.3. The number of benzene rings is 1. The first kappa shape index (κ1) is 27.6. The maximum absolute atomic E-state index is 13.6. The van der Waals surface area contributed by atoms with Gasteiger partial charge in [0.2, 0.25) is 11.8 Å². The van der Waals surface area contributed by atoms with Crippen LogP contribution in [0.2, 0.25) is 0 Å². The molecule has 202 valence electrons. The molecular weight excluding hydrogens is 482 g/mol. The minimum Gasteiger partial charge on any atom is -0.472 e. The third-order valence-corrected chi connectivity index (χ3v) is 7.29. The fourth-order valence-corrected chi connectivity index (χ4v) is 4.85. The number of fused-ring (bicyclic) bond motifs is 1. The van der Waals surface area contributed by atoms with E-state index in [1.54, 1.807) is 29.1 Å². The maximum Gasteiger partial charge on any atom is 0.259 e. The number of amides is 2. The van der Waals surface area contributed by atoms with Gasteiger partial charge in [-0.25, -0.2) is 4.98 Å². The smallest absolute Gasteiger partial charge is 0.259 e. The number of carbonyl (C=O) groups excluding carboxylic acids is 2. The lowest BCUT2D eigenvalue weighted by Crippen LogP contribution is -2.51. The molecule has 0 bridgehead atoms. The molecule has 2 aromatic rings. The summed E-state index contributed by atoms with van der Waals surface area (Å²) in [6, 6.07) is 11.3. The lowest BCUT2D eigenvalue weighted by molar-refractivity contribution is -0.138. The zero-order chi connectivity index (χ0) is 27.1. The molecule has 1 saturated heterocycles. The second-order valence-electron chi connectivity index (χ2n) is 10.3. The van der Waals surface area contributed by atoms with Crippen molar-refractivity contribution in [1.82, 2.24) is 14.8 Å². The van der Waals surface area contributed by atoms with E-state index >= 15 is 0 Å². The van der Waals surface area contributed by atoms with Crippen LogP contribution < -0.4 is 4.74 Å². The van der Waals surface area contributed by atoms with Crippen molar-refractivity contribution < 1.29 is 24.2 Å². The van der Waals surface area contributed by atoms with Crippen LogP contribution in [0.5, 0.6) is 5.88 Å². The molecule has 3 heterocycles. The summed E-state index contributed by atoms with van der Waals surface area (Å²) in [6.45, 7) is 5.61. The molecule has 1 N–H and O–H groups in total. The van der Waals surface area contributed by atoms with Crippen molar-refractivity contribution >= 4 is 11.8 Å². The minimum atomic E-state index is -0.383. The average molecular weight is 520 g/mol. The number of aliphatic hydroxyl groups excluding tert-OH is 1. The molecule has 4 rings (SSSR count). The highest BCUT2D eigenvalue weighted by molar-refractivity contribution is 5.97. The number of hydrogen-bond donors (Lipinski definition) is 1. The van der Waals surface area contributed by atoms with Gasteiger partial charge in [-0.2, -0.15) is 0 Å². The van der Waals surface area contributed by atoms with Gasteiger partial charge in [0.1, 0.15) is 11.7 Å². The van der Waals surface area contributed by atoms with E-state index in [9.17, 15) is 14.7 Å². The van der Waals surface area contributed by atoms with Gasteiger partial charge in [0.15, 0.2) is 0 Å². The van der Waals surface area contributed by atoms with Crippen LogP contribution in [0.15, 0.2) is 42.6 Å². The van der Waals surface area contributed by atoms with Crippen LogP contribution >= 0.6 is 0 Å². The summed E-state index contributed by atoms with van der Waals surface area (Å²) in [5.74, 6) is 6.17. The predicted molar refractivity (Wildman–Crippen MR) is 144 cm³/mol. The SMILES string of the molecule is C[C@@H]1CN([C@@H](C)CO)C(=O)c2cc(C#CCc3ccccc3)cnc2O[C@@H]1CN(C)C(=O)C1CCOCC1. The van der Waals surface area contributed by atoms with Crippen LogP contribution in [0, 0.1) is 23.7 Å². The Morgan fingerprint density at radius 2 is 2.00 bits per heavy atom. The number of likely N-dealkylation sites (N-methyl/N-ethyl adjacent to an activating group) is 1. The number of aliphatic hydroxyl groups is 1. The molecule has 0 spiro atoms. The topological polar surface area (TPSA) is 92.2 Å². The lowest BCUT2D eigenvalue weighted by Gasteiger charge is -2.38. The van der Waals surface area contributed by atoms with Crippen LogP contribution in [0.3, 0.4) is 0 Å². The quantitative estimate of drug-likeness (QED) is 0.590. The second-order valence-corrected chi connectivity index (χ2v) is 10.3. The van der Waals surface area contributed by atoms with Gasteiger partial charge in [0, 0.05) is 56.8 Å². The number of nitrogens with zero attached hydrogens (tertiary/aromatic N) is 3. The van der Waals surface area contributed by atoms with E-state index in [1.165, 1.54) is 0 Å². The second kappa shape index (κ2) is 12.9. The van der Waals surface area contributed by atoms with E-state index in [-0.39, 0.29) is 48.3 Å². The van der Waals surface area contributed by atoms with E-state index in [1.807, 2.05) is 44.2 Å². The zero-order valence-corrected chi connectivity index (χ0v) is 22.4. The summed E-state index contributed by atoms with van der Waals surface area (Å²) in [6.07, 6.45) is 3.26. The molecule has 0 saturated carbocycles. The maximum atomic E-state index is 13.6. The largest absolute Gasteiger partial charge is 0.472 e. The molecule has 1 fully saturated rings. The summed E-state index contributed by atoms with van der Waals surface area (Å²) < 4.78 is 11.7. The van der Waals surface area contributed by atoms with E-state index in [0.717, 1.165) is 18.4 Å². The third-order valence-electron chi connectivity index (χ3n) is 7.29. The molecular formula is C30H37N3O5. The first-order chi connectivity index (χ1) is 18.4. The monoisotopic (exact) mass is 519 g/mol. The Morgan fingerprint density at radius 1 is 1.26 bits per heavy atom. The summed E-state index contributed by atoms with van der Waals surface area (Å²) in [5.41, 5.74) is 2.04. The summed E-state index contributed by atoms with van der Waals surface area (Å²) >= 11 is 0. The molecule has 0 aliphatic carbocycles. The van der Waals surface area contributed by atoms with Gasteiger partial charge in [0.25, 0.3) is 5.91 Å². The van der Waals surface area contributed by atoms with Crippen LogP contribution in [0.4, 0.5) is 0 Å². The molecule has 8 nitrogen and oxygen atoms in total. The Labute approximate surface area is 224 Å². The van der Waals surface area contributed by atoms with Gasteiger partial charge >= 0.3 is 0 Å². The van der Waals surface area contributed by atoms with Crippen molar-refractivity contribution in [3.63, 3.8) is 0 Å². The van der Waals surface area contributed by atoms with Gasteiger partial charge < -0.3 is 24.4 Å². The molecule has 3 atom stereocenters. The van der Waals surface area contributed by atoms with Crippen LogP contribution in [-0.4, -0.2) is 83.8 Å². The molecule has 8 heteroatoms.